The molecule has 3 saturated heterocycles. The minimum absolute atomic E-state index is 0.0573. The lowest BCUT2D eigenvalue weighted by atomic mass is 9.90. The molecule has 9 N–H and O–H groups in total. The Labute approximate surface area is 350 Å². The first-order valence-electron chi connectivity index (χ1n) is 18.8. The van der Waals surface area contributed by atoms with Gasteiger partial charge in [0.1, 0.15) is 53.9 Å². The average Bonchev–Trinajstić information content (AvgIpc) is 3.23. The van der Waals surface area contributed by atoms with Crippen LogP contribution in [0.3, 0.4) is 0 Å². The van der Waals surface area contributed by atoms with E-state index in [-0.39, 0.29) is 28.3 Å². The molecule has 0 bridgehead atoms. The number of aliphatic hydroxyl groups excluding tert-OH is 6. The molecule has 5 unspecified atom stereocenters. The minimum atomic E-state index is -4.85. The van der Waals surface area contributed by atoms with E-state index in [0.717, 1.165) is 29.2 Å². The lowest BCUT2D eigenvalue weighted by Gasteiger charge is -2.47. The molecule has 0 spiro atoms. The maximum Gasteiger partial charge on any atom is 0.335 e. The van der Waals surface area contributed by atoms with Crippen LogP contribution in [0.1, 0.15) is 23.3 Å². The summed E-state index contributed by atoms with van der Waals surface area (Å²) in [4.78, 5) is 39.2. The summed E-state index contributed by atoms with van der Waals surface area (Å²) in [6.45, 7) is 0. The van der Waals surface area contributed by atoms with Crippen LogP contribution in [0.15, 0.2) is 97.1 Å². The summed E-state index contributed by atoms with van der Waals surface area (Å²) in [6, 6.07) is 20.5. The Bertz CT molecular complexity index is 2410. The Morgan fingerprint density at radius 3 is 1.89 bits per heavy atom. The number of amides is 1. The fourth-order valence-electron chi connectivity index (χ4n) is 7.54. The van der Waals surface area contributed by atoms with Crippen molar-refractivity contribution >= 4 is 33.4 Å². The number of benzene rings is 4. The van der Waals surface area contributed by atoms with E-state index in [1.54, 1.807) is 24.3 Å². The van der Waals surface area contributed by atoms with Crippen molar-refractivity contribution in [1.29, 1.82) is 0 Å². The SMILES string of the molecule is O=C(O)C1O[C@@H](Oc2cc(-c3cccc(O)c3)ccc2[C@@H]2[C@@H](S(=O)(=O)C[C@H](O[C@@H]3OC(C(=O)O)[C@@H](O)[C@H](O)C3O)c3ccc(F)cc3)C(=O)N2c2ccccc2)C(O)[C@@H](O)C1O. The number of carbonyl (C=O) groups is 3. The second kappa shape index (κ2) is 17.6. The number of para-hydroxylation sites is 1. The summed E-state index contributed by atoms with van der Waals surface area (Å²) in [7, 11) is -4.85. The van der Waals surface area contributed by atoms with Gasteiger partial charge in [-0.15, -0.1) is 0 Å². The zero-order chi connectivity index (χ0) is 44.8. The van der Waals surface area contributed by atoms with Crippen LogP contribution < -0.4 is 9.64 Å². The normalized spacial score (nSPS) is 30.6. The van der Waals surface area contributed by atoms with E-state index in [2.05, 4.69) is 0 Å². The number of phenols is 1. The molecule has 0 radical (unpaired) electrons. The van der Waals surface area contributed by atoms with Gasteiger partial charge < -0.3 is 69.8 Å². The fraction of sp³-hybridized carbons (Fsp3) is 0.341. The zero-order valence-electron chi connectivity index (χ0n) is 31.9. The highest BCUT2D eigenvalue weighted by Crippen LogP contribution is 2.48. The number of carboxylic acid groups (broad SMARTS) is 2. The summed E-state index contributed by atoms with van der Waals surface area (Å²) in [5, 5.41) is 90.8. The predicted molar refractivity (Wildman–Crippen MR) is 207 cm³/mol. The summed E-state index contributed by atoms with van der Waals surface area (Å²) in [5.41, 5.74) is 0.791. The monoisotopic (exact) mass is 885 g/mol. The number of hydrogen-bond acceptors (Lipinski definition) is 16. The van der Waals surface area contributed by atoms with Crippen LogP contribution >= 0.6 is 0 Å². The molecule has 0 saturated carbocycles. The number of nitrogens with zero attached hydrogens (tertiary/aromatic N) is 1. The maximum absolute atomic E-state index is 14.8. The second-order valence-electron chi connectivity index (χ2n) is 14.8. The third-order valence-electron chi connectivity index (χ3n) is 10.8. The number of carboxylic acids is 2. The largest absolute Gasteiger partial charge is 0.508 e. The molecule has 0 aromatic heterocycles. The number of halogens is 1. The molecule has 1 amide bonds. The van der Waals surface area contributed by atoms with Crippen molar-refractivity contribution in [2.75, 3.05) is 10.7 Å². The highest BCUT2D eigenvalue weighted by molar-refractivity contribution is 7.93. The molecule has 4 aromatic rings. The number of aromatic hydroxyl groups is 1. The van der Waals surface area contributed by atoms with Crippen molar-refractivity contribution in [3.8, 4) is 22.6 Å². The summed E-state index contributed by atoms with van der Waals surface area (Å²) in [6.07, 6.45) is -22.7. The van der Waals surface area contributed by atoms with E-state index in [0.29, 0.717) is 11.1 Å². The van der Waals surface area contributed by atoms with Crippen molar-refractivity contribution in [3.63, 3.8) is 0 Å². The summed E-state index contributed by atoms with van der Waals surface area (Å²) in [5.74, 6) is -6.76. The van der Waals surface area contributed by atoms with Crippen molar-refractivity contribution in [2.24, 2.45) is 0 Å². The zero-order valence-corrected chi connectivity index (χ0v) is 32.7. The topological polar surface area (TPSA) is 308 Å². The van der Waals surface area contributed by atoms with Gasteiger partial charge in [-0.2, -0.15) is 0 Å². The van der Waals surface area contributed by atoms with Gasteiger partial charge in [-0.05, 0) is 59.2 Å². The molecule has 0 aliphatic carbocycles. The number of β-lactam (4-membered cyclic amide) rings is 1. The maximum atomic E-state index is 14.8. The van der Waals surface area contributed by atoms with Crippen LogP contribution in [-0.2, 0) is 38.4 Å². The molecule has 330 valence electrons. The number of phenolic OH excluding ortho intramolecular Hbond substituents is 1. The lowest BCUT2D eigenvalue weighted by molar-refractivity contribution is -0.303. The van der Waals surface area contributed by atoms with Gasteiger partial charge in [0, 0.05) is 11.3 Å². The lowest BCUT2D eigenvalue weighted by Crippen LogP contribution is -2.63. The number of aliphatic hydroxyl groups is 6. The van der Waals surface area contributed by atoms with Gasteiger partial charge in [0.2, 0.25) is 12.2 Å². The van der Waals surface area contributed by atoms with E-state index in [1.165, 1.54) is 48.5 Å². The van der Waals surface area contributed by atoms with Gasteiger partial charge in [-0.25, -0.2) is 22.4 Å². The molecule has 3 fully saturated rings. The molecular formula is C41H40FNO18S. The Morgan fingerprint density at radius 2 is 1.29 bits per heavy atom. The van der Waals surface area contributed by atoms with Crippen LogP contribution in [0.4, 0.5) is 10.1 Å². The first-order valence-corrected chi connectivity index (χ1v) is 20.5. The number of sulfone groups is 1. The number of ether oxygens (including phenoxy) is 4. The molecule has 7 rings (SSSR count). The third kappa shape index (κ3) is 8.59. The van der Waals surface area contributed by atoms with E-state index in [9.17, 15) is 73.2 Å². The van der Waals surface area contributed by atoms with Gasteiger partial charge in [-0.3, -0.25) is 4.79 Å². The molecule has 13 atom stereocenters. The molecule has 21 heteroatoms. The van der Waals surface area contributed by atoms with Crippen LogP contribution in [-0.4, -0.2) is 145 Å². The van der Waals surface area contributed by atoms with Crippen LogP contribution in [0.5, 0.6) is 11.5 Å². The first kappa shape index (κ1) is 44.5. The Balaban J connectivity index is 1.32. The standard InChI is InChI=1S/C41H40FNO18S/c42-21-12-9-18(10-13-21)26(59-41-33(50)29(46)31(48)35(61-41)39(54)55)17-62(56,57)36-27(43(37(36)51)22-6-2-1-3-7-22)24-14-11-20(19-5-4-8-23(44)15-19)16-25(24)58-40-32(49)28(45)30(47)34(60-40)38(52)53/h1-16,26-36,40-41,44-50H,17H2,(H,52,53)(H,54,55)/t26-,27+,28-,29-,30?,31-,32?,33?,34?,35?,36+,40+,41+/m0/s1. The van der Waals surface area contributed by atoms with Crippen molar-refractivity contribution in [3.05, 3.63) is 114 Å². The Morgan fingerprint density at radius 1 is 0.710 bits per heavy atom. The van der Waals surface area contributed by atoms with Gasteiger partial charge in [-0.1, -0.05) is 54.6 Å². The third-order valence-corrected chi connectivity index (χ3v) is 12.8. The summed E-state index contributed by atoms with van der Waals surface area (Å²) < 4.78 is 66.2. The Hall–Kier alpha value is -5.59. The van der Waals surface area contributed by atoms with Crippen molar-refractivity contribution < 1.29 is 92.1 Å². The molecule has 4 aromatic carbocycles. The minimum Gasteiger partial charge on any atom is -0.508 e. The predicted octanol–water partition coefficient (Wildman–Crippen LogP) is -0.00930. The molecule has 3 aliphatic heterocycles. The summed E-state index contributed by atoms with van der Waals surface area (Å²) >= 11 is 0. The van der Waals surface area contributed by atoms with Crippen LogP contribution in [0.25, 0.3) is 11.1 Å². The smallest absolute Gasteiger partial charge is 0.335 e. The van der Waals surface area contributed by atoms with Gasteiger partial charge in [0.05, 0.1) is 17.9 Å². The van der Waals surface area contributed by atoms with Crippen LogP contribution in [0.2, 0.25) is 0 Å². The van der Waals surface area contributed by atoms with E-state index >= 15 is 0 Å². The number of rotatable bonds is 13. The fourth-order valence-corrected chi connectivity index (χ4v) is 9.53. The van der Waals surface area contributed by atoms with Crippen molar-refractivity contribution in [2.45, 2.75) is 78.8 Å². The van der Waals surface area contributed by atoms with E-state index < -0.39 is 118 Å². The molecule has 3 heterocycles. The number of aliphatic carboxylic acids is 2. The van der Waals surface area contributed by atoms with Gasteiger partial charge in [0.25, 0.3) is 0 Å². The van der Waals surface area contributed by atoms with Crippen molar-refractivity contribution in [1.82, 2.24) is 0 Å². The average molecular weight is 886 g/mol. The van der Waals surface area contributed by atoms with Gasteiger partial charge >= 0.3 is 11.9 Å². The molecule has 3 aliphatic rings. The van der Waals surface area contributed by atoms with E-state index in [4.69, 9.17) is 18.9 Å². The second-order valence-corrected chi connectivity index (χ2v) is 17.0. The number of hydrogen-bond donors (Lipinski definition) is 9. The van der Waals surface area contributed by atoms with E-state index in [1.807, 2.05) is 0 Å². The first-order chi connectivity index (χ1) is 29.4. The molecule has 19 nitrogen and oxygen atoms in total. The van der Waals surface area contributed by atoms with Gasteiger partial charge in [0.15, 0.2) is 33.6 Å². The highest BCUT2D eigenvalue weighted by Gasteiger charge is 2.58. The number of anilines is 1. The molecule has 62 heavy (non-hydrogen) atoms. The quantitative estimate of drug-likeness (QED) is 0.0798. The van der Waals surface area contributed by atoms with Crippen LogP contribution in [0, 0.1) is 5.82 Å². The molecular weight excluding hydrogens is 846 g/mol. The number of carbonyl (C=O) groups excluding carboxylic acids is 1. The Kier molecular flexibility index (Phi) is 12.7. The highest BCUT2D eigenvalue weighted by atomic mass is 32.2.